The van der Waals surface area contributed by atoms with E-state index in [0.29, 0.717) is 39.0 Å². The first kappa shape index (κ1) is 17.7. The van der Waals surface area contributed by atoms with E-state index in [1.165, 1.54) is 0 Å². The van der Waals surface area contributed by atoms with Gasteiger partial charge in [-0.3, -0.25) is 14.4 Å². The summed E-state index contributed by atoms with van der Waals surface area (Å²) in [7, 11) is 0. The topological polar surface area (TPSA) is 95.9 Å². The van der Waals surface area contributed by atoms with Gasteiger partial charge < -0.3 is 20.1 Å². The molecule has 0 aromatic rings. The molecule has 7 nitrogen and oxygen atoms in total. The summed E-state index contributed by atoms with van der Waals surface area (Å²) in [5.74, 6) is -1.10. The zero-order valence-corrected chi connectivity index (χ0v) is 13.8. The molecule has 0 saturated carbocycles. The Balaban J connectivity index is 1.84. The van der Waals surface area contributed by atoms with Crippen molar-refractivity contribution in [3.63, 3.8) is 0 Å². The number of carbonyl (C=O) groups excluding carboxylic acids is 2. The first-order chi connectivity index (χ1) is 10.8. The zero-order chi connectivity index (χ0) is 17.0. The highest BCUT2D eigenvalue weighted by molar-refractivity contribution is 5.82. The average molecular weight is 326 g/mol. The fourth-order valence-electron chi connectivity index (χ4n) is 3.44. The molecule has 2 aliphatic rings. The van der Waals surface area contributed by atoms with Crippen molar-refractivity contribution in [3.8, 4) is 0 Å². The molecule has 0 aliphatic carbocycles. The fraction of sp³-hybridized carbons (Fsp3) is 0.812. The lowest BCUT2D eigenvalue weighted by atomic mass is 9.74. The highest BCUT2D eigenvalue weighted by atomic mass is 16.5. The van der Waals surface area contributed by atoms with Crippen LogP contribution in [-0.4, -0.2) is 60.1 Å². The molecular formula is C16H26N2O5. The number of aliphatic carboxylic acids is 1. The number of rotatable bonds is 6. The maximum absolute atomic E-state index is 12.3. The number of hydrogen-bond donors (Lipinski definition) is 2. The number of carboxylic acids is 1. The Labute approximate surface area is 136 Å². The molecule has 23 heavy (non-hydrogen) atoms. The van der Waals surface area contributed by atoms with Gasteiger partial charge in [-0.05, 0) is 26.7 Å². The average Bonchev–Trinajstić information content (AvgIpc) is 2.87. The van der Waals surface area contributed by atoms with Gasteiger partial charge in [-0.2, -0.15) is 0 Å². The molecule has 2 heterocycles. The predicted octanol–water partition coefficient (Wildman–Crippen LogP) is 0.631. The summed E-state index contributed by atoms with van der Waals surface area (Å²) in [6.07, 6.45) is 1.52. The highest BCUT2D eigenvalue weighted by Gasteiger charge is 2.54. The van der Waals surface area contributed by atoms with E-state index in [9.17, 15) is 19.5 Å². The van der Waals surface area contributed by atoms with E-state index in [-0.39, 0.29) is 36.7 Å². The summed E-state index contributed by atoms with van der Waals surface area (Å²) in [4.78, 5) is 37.2. The Morgan fingerprint density at radius 2 is 2.09 bits per heavy atom. The summed E-state index contributed by atoms with van der Waals surface area (Å²) >= 11 is 0. The summed E-state index contributed by atoms with van der Waals surface area (Å²) in [5, 5.41) is 12.4. The number of fused-ring (bicyclic) bond motifs is 1. The van der Waals surface area contributed by atoms with Gasteiger partial charge in [-0.1, -0.05) is 0 Å². The Morgan fingerprint density at radius 1 is 1.35 bits per heavy atom. The largest absolute Gasteiger partial charge is 0.481 e. The fourth-order valence-corrected chi connectivity index (χ4v) is 3.44. The number of amides is 2. The van der Waals surface area contributed by atoms with Crippen molar-refractivity contribution in [2.45, 2.75) is 45.6 Å². The third kappa shape index (κ3) is 4.02. The minimum Gasteiger partial charge on any atom is -0.481 e. The van der Waals surface area contributed by atoms with E-state index in [0.717, 1.165) is 0 Å². The second-order valence-corrected chi connectivity index (χ2v) is 6.83. The lowest BCUT2D eigenvalue weighted by Crippen LogP contribution is -2.45. The van der Waals surface area contributed by atoms with Gasteiger partial charge in [-0.15, -0.1) is 0 Å². The Kier molecular flexibility index (Phi) is 5.62. The number of likely N-dealkylation sites (tertiary alicyclic amines) is 1. The normalized spacial score (nSPS) is 26.9. The monoisotopic (exact) mass is 326 g/mol. The SMILES string of the molecule is CC(C)NC(=O)CCCC(=O)N1C[C@H]2COCC[C@@]2(C(=O)O)C1. The summed E-state index contributed by atoms with van der Waals surface area (Å²) < 4.78 is 5.38. The van der Waals surface area contributed by atoms with Crippen LogP contribution in [0.25, 0.3) is 0 Å². The molecule has 2 saturated heterocycles. The molecule has 2 aliphatic heterocycles. The van der Waals surface area contributed by atoms with Gasteiger partial charge in [0, 0.05) is 44.5 Å². The maximum Gasteiger partial charge on any atom is 0.311 e. The van der Waals surface area contributed by atoms with Crippen LogP contribution in [0.3, 0.4) is 0 Å². The van der Waals surface area contributed by atoms with Gasteiger partial charge >= 0.3 is 5.97 Å². The van der Waals surface area contributed by atoms with E-state index in [1.807, 2.05) is 13.8 Å². The van der Waals surface area contributed by atoms with Crippen LogP contribution in [0.5, 0.6) is 0 Å². The van der Waals surface area contributed by atoms with Crippen LogP contribution in [-0.2, 0) is 19.1 Å². The first-order valence-electron chi connectivity index (χ1n) is 8.23. The molecule has 0 bridgehead atoms. The molecule has 2 fully saturated rings. The zero-order valence-electron chi connectivity index (χ0n) is 13.8. The van der Waals surface area contributed by atoms with E-state index < -0.39 is 11.4 Å². The third-order valence-electron chi connectivity index (χ3n) is 4.73. The van der Waals surface area contributed by atoms with Crippen molar-refractivity contribution in [1.29, 1.82) is 0 Å². The van der Waals surface area contributed by atoms with Crippen LogP contribution in [0, 0.1) is 11.3 Å². The van der Waals surface area contributed by atoms with Gasteiger partial charge in [0.2, 0.25) is 11.8 Å². The van der Waals surface area contributed by atoms with Gasteiger partial charge in [0.25, 0.3) is 0 Å². The van der Waals surface area contributed by atoms with Crippen molar-refractivity contribution < 1.29 is 24.2 Å². The number of carbonyl (C=O) groups is 3. The van der Waals surface area contributed by atoms with Gasteiger partial charge in [0.05, 0.1) is 12.0 Å². The Hall–Kier alpha value is -1.63. The van der Waals surface area contributed by atoms with Crippen molar-refractivity contribution in [3.05, 3.63) is 0 Å². The second-order valence-electron chi connectivity index (χ2n) is 6.83. The molecule has 130 valence electrons. The lowest BCUT2D eigenvalue weighted by molar-refractivity contribution is -0.157. The summed E-state index contributed by atoms with van der Waals surface area (Å²) in [6, 6.07) is 0.0929. The van der Waals surface area contributed by atoms with Crippen LogP contribution in [0.4, 0.5) is 0 Å². The molecule has 2 amide bonds. The minimum atomic E-state index is -0.858. The number of ether oxygens (including phenoxy) is 1. The maximum atomic E-state index is 12.3. The van der Waals surface area contributed by atoms with Crippen molar-refractivity contribution in [2.24, 2.45) is 11.3 Å². The molecule has 0 unspecified atom stereocenters. The molecule has 0 spiro atoms. The van der Waals surface area contributed by atoms with Crippen LogP contribution >= 0.6 is 0 Å². The standard InChI is InChI=1S/C16H26N2O5/c1-11(2)17-13(19)4-3-5-14(20)18-8-12-9-23-7-6-16(12,10-18)15(21)22/h11-12H,3-10H2,1-2H3,(H,17,19)(H,21,22)/t12-,16+/m0/s1. The summed E-state index contributed by atoms with van der Waals surface area (Å²) in [5.41, 5.74) is -0.858. The smallest absolute Gasteiger partial charge is 0.311 e. The Bertz CT molecular complexity index is 479. The molecule has 2 N–H and O–H groups in total. The third-order valence-corrected chi connectivity index (χ3v) is 4.73. The molecule has 7 heteroatoms. The first-order valence-corrected chi connectivity index (χ1v) is 8.23. The molecule has 0 radical (unpaired) electrons. The van der Waals surface area contributed by atoms with Crippen LogP contribution in [0.2, 0.25) is 0 Å². The number of hydrogen-bond acceptors (Lipinski definition) is 4. The molecule has 2 rings (SSSR count). The minimum absolute atomic E-state index is 0.0571. The number of nitrogens with one attached hydrogen (secondary N) is 1. The van der Waals surface area contributed by atoms with Crippen molar-refractivity contribution in [2.75, 3.05) is 26.3 Å². The lowest BCUT2D eigenvalue weighted by Gasteiger charge is -2.33. The van der Waals surface area contributed by atoms with E-state index in [2.05, 4.69) is 5.32 Å². The molecule has 2 atom stereocenters. The van der Waals surface area contributed by atoms with Gasteiger partial charge in [0.1, 0.15) is 0 Å². The van der Waals surface area contributed by atoms with Gasteiger partial charge in [0.15, 0.2) is 0 Å². The van der Waals surface area contributed by atoms with E-state index in [1.54, 1.807) is 4.90 Å². The van der Waals surface area contributed by atoms with E-state index >= 15 is 0 Å². The van der Waals surface area contributed by atoms with E-state index in [4.69, 9.17) is 4.74 Å². The van der Waals surface area contributed by atoms with Crippen LogP contribution in [0.1, 0.15) is 39.5 Å². The van der Waals surface area contributed by atoms with Crippen LogP contribution < -0.4 is 5.32 Å². The quantitative estimate of drug-likeness (QED) is 0.746. The predicted molar refractivity (Wildman–Crippen MR) is 82.7 cm³/mol. The second kappa shape index (κ2) is 7.29. The van der Waals surface area contributed by atoms with Crippen molar-refractivity contribution >= 4 is 17.8 Å². The highest BCUT2D eigenvalue weighted by Crippen LogP contribution is 2.42. The molecule has 0 aromatic heterocycles. The summed E-state index contributed by atoms with van der Waals surface area (Å²) in [6.45, 7) is 5.30. The molecular weight excluding hydrogens is 300 g/mol. The number of carboxylic acid groups (broad SMARTS) is 1. The van der Waals surface area contributed by atoms with Crippen molar-refractivity contribution in [1.82, 2.24) is 10.2 Å². The Morgan fingerprint density at radius 3 is 2.70 bits per heavy atom. The van der Waals surface area contributed by atoms with Gasteiger partial charge in [-0.25, -0.2) is 0 Å². The number of nitrogens with zero attached hydrogens (tertiary/aromatic N) is 1. The molecule has 0 aromatic carbocycles. The van der Waals surface area contributed by atoms with Crippen LogP contribution in [0.15, 0.2) is 0 Å².